The largest absolute Gasteiger partial charge is 0.326 e. The van der Waals surface area contributed by atoms with Gasteiger partial charge in [-0.25, -0.2) is 4.98 Å². The fourth-order valence-corrected chi connectivity index (χ4v) is 2.28. The third-order valence-electron chi connectivity index (χ3n) is 3.88. The van der Waals surface area contributed by atoms with Crippen LogP contribution >= 0.6 is 0 Å². The SMILES string of the molecule is CC(C(=O)Nc1ccc(-c2n[nH]c(CN)n2)cc1)C1CC1. The number of nitrogens with two attached hydrogens (primary N) is 1. The molecule has 3 rings (SSSR count). The Bertz CT molecular complexity index is 630. The molecular formula is C15H19N5O. The molecule has 1 heterocycles. The molecule has 0 radical (unpaired) electrons. The molecule has 1 aliphatic rings. The predicted molar refractivity (Wildman–Crippen MR) is 80.2 cm³/mol. The van der Waals surface area contributed by atoms with Crippen molar-refractivity contribution in [2.24, 2.45) is 17.6 Å². The Kier molecular flexibility index (Phi) is 3.70. The lowest BCUT2D eigenvalue weighted by Crippen LogP contribution is -2.21. The molecule has 6 nitrogen and oxygen atoms in total. The molecule has 1 fully saturated rings. The number of carbonyl (C=O) groups excluding carboxylic acids is 1. The molecule has 1 unspecified atom stereocenters. The summed E-state index contributed by atoms with van der Waals surface area (Å²) in [6.45, 7) is 2.32. The molecule has 0 aliphatic heterocycles. The number of amides is 1. The molecule has 0 bridgehead atoms. The Morgan fingerprint density at radius 2 is 2.14 bits per heavy atom. The third-order valence-corrected chi connectivity index (χ3v) is 3.88. The van der Waals surface area contributed by atoms with Crippen LogP contribution in [0.1, 0.15) is 25.6 Å². The van der Waals surface area contributed by atoms with Gasteiger partial charge in [-0.05, 0) is 43.0 Å². The Morgan fingerprint density at radius 1 is 1.43 bits per heavy atom. The Balaban J connectivity index is 1.67. The van der Waals surface area contributed by atoms with Gasteiger partial charge >= 0.3 is 0 Å². The number of aromatic nitrogens is 3. The molecular weight excluding hydrogens is 266 g/mol. The zero-order chi connectivity index (χ0) is 14.8. The van der Waals surface area contributed by atoms with Crippen molar-refractivity contribution >= 4 is 11.6 Å². The Hall–Kier alpha value is -2.21. The average molecular weight is 285 g/mol. The molecule has 0 saturated heterocycles. The van der Waals surface area contributed by atoms with Gasteiger partial charge in [0.25, 0.3) is 0 Å². The molecule has 1 aliphatic carbocycles. The first kappa shape index (κ1) is 13.8. The molecule has 0 spiro atoms. The second-order valence-corrected chi connectivity index (χ2v) is 5.50. The normalized spacial score (nSPS) is 15.7. The van der Waals surface area contributed by atoms with Gasteiger partial charge in [-0.15, -0.1) is 0 Å². The van der Waals surface area contributed by atoms with Gasteiger partial charge in [0.2, 0.25) is 5.91 Å². The van der Waals surface area contributed by atoms with E-state index in [9.17, 15) is 4.79 Å². The van der Waals surface area contributed by atoms with Crippen LogP contribution in [0.3, 0.4) is 0 Å². The standard InChI is InChI=1S/C15H19N5O/c1-9(10-2-3-10)15(21)17-12-6-4-11(5-7-12)14-18-13(8-16)19-20-14/h4-7,9-10H,2-3,8,16H2,1H3,(H,17,21)(H,18,19,20). The van der Waals surface area contributed by atoms with E-state index in [1.54, 1.807) is 0 Å². The summed E-state index contributed by atoms with van der Waals surface area (Å²) in [6.07, 6.45) is 2.34. The number of nitrogens with one attached hydrogen (secondary N) is 2. The number of nitrogens with zero attached hydrogens (tertiary/aromatic N) is 2. The van der Waals surface area contributed by atoms with Gasteiger partial charge in [-0.2, -0.15) is 5.10 Å². The highest BCUT2D eigenvalue weighted by atomic mass is 16.1. The van der Waals surface area contributed by atoms with Crippen LogP contribution in [0, 0.1) is 11.8 Å². The molecule has 1 atom stereocenters. The minimum atomic E-state index is 0.0878. The van der Waals surface area contributed by atoms with Gasteiger partial charge in [0.05, 0.1) is 6.54 Å². The maximum absolute atomic E-state index is 12.0. The zero-order valence-electron chi connectivity index (χ0n) is 12.0. The van der Waals surface area contributed by atoms with E-state index in [4.69, 9.17) is 5.73 Å². The van der Waals surface area contributed by atoms with Gasteiger partial charge < -0.3 is 11.1 Å². The van der Waals surface area contributed by atoms with Crippen molar-refractivity contribution in [3.63, 3.8) is 0 Å². The lowest BCUT2D eigenvalue weighted by molar-refractivity contribution is -0.119. The first-order valence-corrected chi connectivity index (χ1v) is 7.20. The second-order valence-electron chi connectivity index (χ2n) is 5.50. The quantitative estimate of drug-likeness (QED) is 0.781. The average Bonchev–Trinajstić information content (AvgIpc) is 3.24. The van der Waals surface area contributed by atoms with Gasteiger partial charge in [-0.3, -0.25) is 9.89 Å². The van der Waals surface area contributed by atoms with E-state index < -0.39 is 0 Å². The molecule has 110 valence electrons. The van der Waals surface area contributed by atoms with Gasteiger partial charge in [0.15, 0.2) is 5.82 Å². The summed E-state index contributed by atoms with van der Waals surface area (Å²) in [4.78, 5) is 16.3. The van der Waals surface area contributed by atoms with Gasteiger partial charge in [-0.1, -0.05) is 6.92 Å². The monoisotopic (exact) mass is 285 g/mol. The molecule has 1 amide bonds. The number of hydrogen-bond donors (Lipinski definition) is 3. The van der Waals surface area contributed by atoms with Crippen molar-refractivity contribution < 1.29 is 4.79 Å². The summed E-state index contributed by atoms with van der Waals surface area (Å²) < 4.78 is 0. The molecule has 21 heavy (non-hydrogen) atoms. The van der Waals surface area contributed by atoms with Crippen LogP contribution in [-0.4, -0.2) is 21.1 Å². The van der Waals surface area contributed by atoms with Crippen LogP contribution in [0.5, 0.6) is 0 Å². The summed E-state index contributed by atoms with van der Waals surface area (Å²) >= 11 is 0. The highest BCUT2D eigenvalue weighted by Crippen LogP contribution is 2.37. The van der Waals surface area contributed by atoms with E-state index in [0.717, 1.165) is 11.3 Å². The van der Waals surface area contributed by atoms with Crippen LogP contribution < -0.4 is 11.1 Å². The van der Waals surface area contributed by atoms with Gasteiger partial charge in [0, 0.05) is 17.2 Å². The third kappa shape index (κ3) is 3.11. The molecule has 6 heteroatoms. The topological polar surface area (TPSA) is 96.7 Å². The minimum absolute atomic E-state index is 0.0878. The van der Waals surface area contributed by atoms with E-state index in [2.05, 4.69) is 20.5 Å². The van der Waals surface area contributed by atoms with Crippen LogP contribution in [0.15, 0.2) is 24.3 Å². The molecule has 2 aromatic rings. The first-order valence-electron chi connectivity index (χ1n) is 7.20. The molecule has 1 saturated carbocycles. The minimum Gasteiger partial charge on any atom is -0.326 e. The smallest absolute Gasteiger partial charge is 0.227 e. The van der Waals surface area contributed by atoms with Crippen molar-refractivity contribution in [1.29, 1.82) is 0 Å². The summed E-state index contributed by atoms with van der Waals surface area (Å²) in [6, 6.07) is 7.51. The maximum Gasteiger partial charge on any atom is 0.227 e. The van der Waals surface area contributed by atoms with E-state index >= 15 is 0 Å². The van der Waals surface area contributed by atoms with Crippen molar-refractivity contribution in [1.82, 2.24) is 15.2 Å². The van der Waals surface area contributed by atoms with Crippen LogP contribution in [-0.2, 0) is 11.3 Å². The number of aromatic amines is 1. The predicted octanol–water partition coefficient (Wildman–Crippen LogP) is 1.91. The Morgan fingerprint density at radius 3 is 2.71 bits per heavy atom. The fraction of sp³-hybridized carbons (Fsp3) is 0.400. The van der Waals surface area contributed by atoms with E-state index in [0.29, 0.717) is 24.1 Å². The fourth-order valence-electron chi connectivity index (χ4n) is 2.28. The number of anilines is 1. The molecule has 4 N–H and O–H groups in total. The Labute approximate surface area is 123 Å². The van der Waals surface area contributed by atoms with Crippen molar-refractivity contribution in [2.75, 3.05) is 5.32 Å². The number of rotatable bonds is 5. The first-order chi connectivity index (χ1) is 10.2. The molecule has 1 aromatic carbocycles. The summed E-state index contributed by atoms with van der Waals surface area (Å²) in [7, 11) is 0. The van der Waals surface area contributed by atoms with Crippen molar-refractivity contribution in [3.8, 4) is 11.4 Å². The number of carbonyl (C=O) groups is 1. The van der Waals surface area contributed by atoms with E-state index in [1.165, 1.54) is 12.8 Å². The second kappa shape index (κ2) is 5.65. The summed E-state index contributed by atoms with van der Waals surface area (Å²) in [5, 5.41) is 9.83. The van der Waals surface area contributed by atoms with Crippen LogP contribution in [0.25, 0.3) is 11.4 Å². The maximum atomic E-state index is 12.0. The van der Waals surface area contributed by atoms with Crippen molar-refractivity contribution in [2.45, 2.75) is 26.3 Å². The summed E-state index contributed by atoms with van der Waals surface area (Å²) in [5.74, 6) is 2.01. The van der Waals surface area contributed by atoms with E-state index in [1.807, 2.05) is 31.2 Å². The number of hydrogen-bond acceptors (Lipinski definition) is 4. The van der Waals surface area contributed by atoms with Gasteiger partial charge in [0.1, 0.15) is 5.82 Å². The van der Waals surface area contributed by atoms with E-state index in [-0.39, 0.29) is 11.8 Å². The molecule has 1 aromatic heterocycles. The number of H-pyrrole nitrogens is 1. The lowest BCUT2D eigenvalue weighted by Gasteiger charge is -2.11. The lowest BCUT2D eigenvalue weighted by atomic mass is 10.1. The van der Waals surface area contributed by atoms with Crippen LogP contribution in [0.4, 0.5) is 5.69 Å². The number of benzene rings is 1. The van der Waals surface area contributed by atoms with Crippen molar-refractivity contribution in [3.05, 3.63) is 30.1 Å². The highest BCUT2D eigenvalue weighted by molar-refractivity contribution is 5.92. The van der Waals surface area contributed by atoms with Crippen LogP contribution in [0.2, 0.25) is 0 Å². The highest BCUT2D eigenvalue weighted by Gasteiger charge is 2.32. The summed E-state index contributed by atoms with van der Waals surface area (Å²) in [5.41, 5.74) is 7.18. The zero-order valence-corrected chi connectivity index (χ0v) is 12.0.